The zero-order valence-corrected chi connectivity index (χ0v) is 19.8. The zero-order chi connectivity index (χ0) is 23.4. The number of ether oxygens (including phenoxy) is 1. The van der Waals surface area contributed by atoms with Crippen molar-refractivity contribution in [2.24, 2.45) is 11.0 Å². The van der Waals surface area contributed by atoms with Crippen LogP contribution in [0.5, 0.6) is 0 Å². The molecule has 2 aliphatic heterocycles. The summed E-state index contributed by atoms with van der Waals surface area (Å²) in [5.41, 5.74) is 5.54. The smallest absolute Gasteiger partial charge is 0.309 e. The average Bonchev–Trinajstić information content (AvgIpc) is 3.26. The first-order chi connectivity index (χ1) is 16.0. The fourth-order valence-corrected chi connectivity index (χ4v) is 4.83. The van der Waals surface area contributed by atoms with E-state index < -0.39 is 0 Å². The maximum Gasteiger partial charge on any atom is 0.309 e. The van der Waals surface area contributed by atoms with E-state index >= 15 is 0 Å². The van der Waals surface area contributed by atoms with E-state index in [-0.39, 0.29) is 23.8 Å². The molecule has 0 aromatic heterocycles. The Morgan fingerprint density at radius 1 is 1.06 bits per heavy atom. The molecule has 0 N–H and O–H groups in total. The Kier molecular flexibility index (Phi) is 7.23. The maximum atomic E-state index is 13.4. The van der Waals surface area contributed by atoms with Crippen LogP contribution < -0.4 is 0 Å². The lowest BCUT2D eigenvalue weighted by Gasteiger charge is -2.31. The van der Waals surface area contributed by atoms with E-state index in [1.54, 1.807) is 5.01 Å². The van der Waals surface area contributed by atoms with Gasteiger partial charge in [-0.05, 0) is 57.8 Å². The molecular formula is C27H33N3O3. The first kappa shape index (κ1) is 23.2. The predicted molar refractivity (Wildman–Crippen MR) is 129 cm³/mol. The lowest BCUT2D eigenvalue weighted by atomic mass is 9.95. The molecule has 0 saturated carbocycles. The minimum absolute atomic E-state index is 0.00166. The number of carbonyl (C=O) groups is 2. The lowest BCUT2D eigenvalue weighted by Crippen LogP contribution is -2.43. The van der Waals surface area contributed by atoms with Crippen LogP contribution in [0.25, 0.3) is 0 Å². The van der Waals surface area contributed by atoms with Gasteiger partial charge in [-0.2, -0.15) is 5.10 Å². The molecule has 1 atom stereocenters. The number of amides is 1. The van der Waals surface area contributed by atoms with Crippen LogP contribution in [0.15, 0.2) is 53.6 Å². The van der Waals surface area contributed by atoms with Crippen LogP contribution in [-0.4, -0.2) is 53.7 Å². The molecule has 174 valence electrons. The highest BCUT2D eigenvalue weighted by molar-refractivity contribution is 6.04. The maximum absolute atomic E-state index is 13.4. The molecule has 0 unspecified atom stereocenters. The molecule has 0 bridgehead atoms. The van der Waals surface area contributed by atoms with Gasteiger partial charge in [0.25, 0.3) is 5.91 Å². The minimum atomic E-state index is -0.116. The Labute approximate surface area is 196 Å². The van der Waals surface area contributed by atoms with E-state index in [2.05, 4.69) is 49.1 Å². The van der Waals surface area contributed by atoms with E-state index in [1.165, 1.54) is 11.1 Å². The molecular weight excluding hydrogens is 414 g/mol. The number of hydrogen-bond donors (Lipinski definition) is 0. The Hall–Kier alpha value is -2.99. The second-order valence-corrected chi connectivity index (χ2v) is 9.04. The summed E-state index contributed by atoms with van der Waals surface area (Å²) in [7, 11) is 0. The molecule has 2 aliphatic rings. The summed E-state index contributed by atoms with van der Waals surface area (Å²) in [5.74, 6) is -0.178. The van der Waals surface area contributed by atoms with Gasteiger partial charge in [-0.15, -0.1) is 0 Å². The normalized spacial score (nSPS) is 19.4. The van der Waals surface area contributed by atoms with Crippen LogP contribution in [0.2, 0.25) is 0 Å². The highest BCUT2D eigenvalue weighted by Gasteiger charge is 2.35. The molecule has 1 saturated heterocycles. The molecule has 6 heteroatoms. The first-order valence-electron chi connectivity index (χ1n) is 11.9. The van der Waals surface area contributed by atoms with Crippen molar-refractivity contribution in [3.05, 3.63) is 70.8 Å². The summed E-state index contributed by atoms with van der Waals surface area (Å²) < 4.78 is 5.16. The Balaban J connectivity index is 1.49. The number of hydrogen-bond acceptors (Lipinski definition) is 5. The van der Waals surface area contributed by atoms with Crippen LogP contribution in [-0.2, 0) is 14.3 Å². The van der Waals surface area contributed by atoms with Crippen LogP contribution >= 0.6 is 0 Å². The van der Waals surface area contributed by atoms with Crippen molar-refractivity contribution in [2.45, 2.75) is 46.1 Å². The van der Waals surface area contributed by atoms with Gasteiger partial charge in [0.05, 0.1) is 30.8 Å². The van der Waals surface area contributed by atoms with E-state index in [0.717, 1.165) is 29.7 Å². The van der Waals surface area contributed by atoms with Gasteiger partial charge >= 0.3 is 5.97 Å². The van der Waals surface area contributed by atoms with Crippen LogP contribution in [0.1, 0.15) is 54.5 Å². The van der Waals surface area contributed by atoms with Crippen molar-refractivity contribution >= 4 is 17.6 Å². The third kappa shape index (κ3) is 5.33. The molecule has 2 aromatic rings. The van der Waals surface area contributed by atoms with Gasteiger partial charge < -0.3 is 4.74 Å². The van der Waals surface area contributed by atoms with Gasteiger partial charge in [0, 0.05) is 12.0 Å². The summed E-state index contributed by atoms with van der Waals surface area (Å²) in [6.07, 6.45) is 2.15. The van der Waals surface area contributed by atoms with Crippen molar-refractivity contribution in [2.75, 3.05) is 26.2 Å². The quantitative estimate of drug-likeness (QED) is 0.621. The SMILES string of the molecule is CCOC(=O)C1CCN(CC(=O)N2N=C(c3ccc(C)cc3C)C[C@@H]2c2ccccc2)CC1. The molecule has 33 heavy (non-hydrogen) atoms. The second kappa shape index (κ2) is 10.3. The molecule has 2 aromatic carbocycles. The van der Waals surface area contributed by atoms with Crippen molar-refractivity contribution in [1.82, 2.24) is 9.91 Å². The number of hydrazone groups is 1. The third-order valence-electron chi connectivity index (χ3n) is 6.61. The summed E-state index contributed by atoms with van der Waals surface area (Å²) >= 11 is 0. The van der Waals surface area contributed by atoms with Crippen molar-refractivity contribution in [3.63, 3.8) is 0 Å². The molecule has 1 fully saturated rings. The summed E-state index contributed by atoms with van der Waals surface area (Å²) in [5, 5.41) is 6.52. The number of nitrogens with zero attached hydrogens (tertiary/aromatic N) is 3. The van der Waals surface area contributed by atoms with Crippen LogP contribution in [0.4, 0.5) is 0 Å². The number of carbonyl (C=O) groups excluding carboxylic acids is 2. The largest absolute Gasteiger partial charge is 0.466 e. The highest BCUT2D eigenvalue weighted by atomic mass is 16.5. The number of rotatable bonds is 6. The van der Waals surface area contributed by atoms with Gasteiger partial charge in [0.15, 0.2) is 0 Å². The van der Waals surface area contributed by atoms with E-state index in [1.807, 2.05) is 25.1 Å². The molecule has 0 radical (unpaired) electrons. The average molecular weight is 448 g/mol. The van der Waals surface area contributed by atoms with Gasteiger partial charge in [-0.1, -0.05) is 54.1 Å². The predicted octanol–water partition coefficient (Wildman–Crippen LogP) is 4.26. The van der Waals surface area contributed by atoms with Gasteiger partial charge in [-0.25, -0.2) is 5.01 Å². The first-order valence-corrected chi connectivity index (χ1v) is 11.9. The van der Waals surface area contributed by atoms with Crippen molar-refractivity contribution in [1.29, 1.82) is 0 Å². The number of aryl methyl sites for hydroxylation is 2. The van der Waals surface area contributed by atoms with Gasteiger partial charge in [0.2, 0.25) is 0 Å². The molecule has 4 rings (SSSR count). The van der Waals surface area contributed by atoms with Crippen molar-refractivity contribution in [3.8, 4) is 0 Å². The van der Waals surface area contributed by atoms with E-state index in [9.17, 15) is 9.59 Å². The van der Waals surface area contributed by atoms with E-state index in [0.29, 0.717) is 32.7 Å². The lowest BCUT2D eigenvalue weighted by molar-refractivity contribution is -0.149. The highest BCUT2D eigenvalue weighted by Crippen LogP contribution is 2.34. The van der Waals surface area contributed by atoms with Gasteiger partial charge in [0.1, 0.15) is 0 Å². The summed E-state index contributed by atoms with van der Waals surface area (Å²) in [6.45, 7) is 8.16. The molecule has 0 aliphatic carbocycles. The number of benzene rings is 2. The van der Waals surface area contributed by atoms with Crippen LogP contribution in [0, 0.1) is 19.8 Å². The molecule has 6 nitrogen and oxygen atoms in total. The topological polar surface area (TPSA) is 62.2 Å². The number of piperidine rings is 1. The zero-order valence-electron chi connectivity index (χ0n) is 19.8. The Morgan fingerprint density at radius 3 is 2.45 bits per heavy atom. The molecule has 2 heterocycles. The second-order valence-electron chi connectivity index (χ2n) is 9.04. The van der Waals surface area contributed by atoms with E-state index in [4.69, 9.17) is 9.84 Å². The summed E-state index contributed by atoms with van der Waals surface area (Å²) in [4.78, 5) is 27.6. The molecule has 0 spiro atoms. The monoisotopic (exact) mass is 447 g/mol. The Morgan fingerprint density at radius 2 is 1.79 bits per heavy atom. The van der Waals surface area contributed by atoms with Crippen molar-refractivity contribution < 1.29 is 14.3 Å². The number of likely N-dealkylation sites (tertiary alicyclic amines) is 1. The standard InChI is InChI=1S/C27H33N3O3/c1-4-33-27(32)22-12-14-29(15-13-22)18-26(31)30-25(21-8-6-5-7-9-21)17-24(28-30)23-11-10-19(2)16-20(23)3/h5-11,16,22,25H,4,12-15,17-18H2,1-3H3/t25-/m1/s1. The fraction of sp³-hybridized carbons (Fsp3) is 0.444. The third-order valence-corrected chi connectivity index (χ3v) is 6.61. The number of esters is 1. The molecule has 1 amide bonds. The summed E-state index contributed by atoms with van der Waals surface area (Å²) in [6, 6.07) is 16.4. The van der Waals surface area contributed by atoms with Gasteiger partial charge in [-0.3, -0.25) is 14.5 Å². The van der Waals surface area contributed by atoms with Crippen LogP contribution in [0.3, 0.4) is 0 Å². The fourth-order valence-electron chi connectivity index (χ4n) is 4.83. The minimum Gasteiger partial charge on any atom is -0.466 e. The Bertz CT molecular complexity index is 1030.